The van der Waals surface area contributed by atoms with Gasteiger partial charge in [0.1, 0.15) is 0 Å². The van der Waals surface area contributed by atoms with Crippen molar-refractivity contribution in [1.82, 2.24) is 0 Å². The van der Waals surface area contributed by atoms with Crippen molar-refractivity contribution in [2.45, 2.75) is 13.8 Å². The van der Waals surface area contributed by atoms with Crippen molar-refractivity contribution in [3.63, 3.8) is 0 Å². The van der Waals surface area contributed by atoms with Crippen LogP contribution in [0.1, 0.15) is 13.8 Å². The van der Waals surface area contributed by atoms with E-state index in [9.17, 15) is 4.79 Å². The Morgan fingerprint density at radius 2 is 1.12 bits per heavy atom. The molecule has 0 bridgehead atoms. The molecule has 2 heteroatoms. The van der Waals surface area contributed by atoms with Crippen LogP contribution >= 0.6 is 0 Å². The average molecular weight is 428 g/mol. The Kier molecular flexibility index (Phi) is 5.07. The molecule has 0 radical (unpaired) electrons. The number of carbonyl (C=O) groups is 1. The van der Waals surface area contributed by atoms with E-state index < -0.39 is 0 Å². The second kappa shape index (κ2) is 8.07. The first-order chi connectivity index (χ1) is 16.0. The molecule has 160 valence electrons. The largest absolute Gasteiger partial charge is 0.282 e. The molecule has 1 amide bonds. The zero-order valence-electron chi connectivity index (χ0n) is 18.9. The number of hydrogen-bond acceptors (Lipinski definition) is 1. The molecule has 0 atom stereocenters. The number of fused-ring (bicyclic) bond motifs is 6. The summed E-state index contributed by atoms with van der Waals surface area (Å²) in [5.74, 6) is -0.143. The molecular formula is C31H25NO. The minimum atomic E-state index is -0.143. The van der Waals surface area contributed by atoms with E-state index in [4.69, 9.17) is 0 Å². The van der Waals surface area contributed by atoms with E-state index in [0.29, 0.717) is 11.3 Å². The van der Waals surface area contributed by atoms with Crippen molar-refractivity contribution in [1.29, 1.82) is 0 Å². The Labute approximate surface area is 194 Å². The van der Waals surface area contributed by atoms with Crippen LogP contribution in [0.2, 0.25) is 0 Å². The van der Waals surface area contributed by atoms with Gasteiger partial charge < -0.3 is 0 Å². The van der Waals surface area contributed by atoms with Crippen molar-refractivity contribution in [2.24, 2.45) is 0 Å². The fraction of sp³-hybridized carbons (Fsp3) is 0.0645. The van der Waals surface area contributed by atoms with Crippen molar-refractivity contribution in [3.05, 3.63) is 115 Å². The summed E-state index contributed by atoms with van der Waals surface area (Å²) in [4.78, 5) is 14.4. The number of amides is 1. The molecule has 0 unspecified atom stereocenters. The van der Waals surface area contributed by atoms with Gasteiger partial charge in [-0.25, -0.2) is 0 Å². The molecule has 0 heterocycles. The van der Waals surface area contributed by atoms with Gasteiger partial charge in [-0.1, -0.05) is 86.0 Å². The zero-order valence-corrected chi connectivity index (χ0v) is 18.9. The van der Waals surface area contributed by atoms with E-state index >= 15 is 0 Å². The van der Waals surface area contributed by atoms with Gasteiger partial charge in [0.25, 0.3) is 5.91 Å². The molecule has 0 aliphatic carbocycles. The first-order valence-corrected chi connectivity index (χ1v) is 11.0. The van der Waals surface area contributed by atoms with Crippen molar-refractivity contribution < 1.29 is 4.79 Å². The minimum Gasteiger partial charge on any atom is -0.282 e. The normalized spacial score (nSPS) is 11.1. The van der Waals surface area contributed by atoms with E-state index in [1.54, 1.807) is 11.8 Å². The van der Waals surface area contributed by atoms with E-state index in [1.807, 2.05) is 25.1 Å². The molecule has 0 saturated carbocycles. The summed E-state index contributed by atoms with van der Waals surface area (Å²) in [5, 5.41) is 7.49. The Morgan fingerprint density at radius 3 is 1.67 bits per heavy atom. The van der Waals surface area contributed by atoms with Gasteiger partial charge in [-0.2, -0.15) is 0 Å². The highest BCUT2D eigenvalue weighted by Gasteiger charge is 2.18. The molecular weight excluding hydrogens is 402 g/mol. The van der Waals surface area contributed by atoms with Gasteiger partial charge in [0.15, 0.2) is 0 Å². The molecule has 0 aromatic heterocycles. The summed E-state index contributed by atoms with van der Waals surface area (Å²) >= 11 is 0. The quantitative estimate of drug-likeness (QED) is 0.209. The number of carbonyl (C=O) groups excluding carboxylic acids is 1. The first kappa shape index (κ1) is 20.7. The smallest absolute Gasteiger partial charge is 0.257 e. The Balaban J connectivity index is 1.72. The lowest BCUT2D eigenvalue weighted by molar-refractivity contribution is -0.114. The van der Waals surface area contributed by atoms with Crippen LogP contribution in [0.4, 0.5) is 5.69 Å². The topological polar surface area (TPSA) is 20.3 Å². The van der Waals surface area contributed by atoms with Crippen LogP contribution in [0.3, 0.4) is 0 Å². The highest BCUT2D eigenvalue weighted by atomic mass is 16.2. The van der Waals surface area contributed by atoms with Crippen LogP contribution in [-0.4, -0.2) is 5.91 Å². The molecule has 0 spiro atoms. The van der Waals surface area contributed by atoms with Crippen molar-refractivity contribution >= 4 is 43.9 Å². The summed E-state index contributed by atoms with van der Waals surface area (Å²) in [7, 11) is 0. The standard InChI is InChI=1S/C31H25NO/c1-20(2)31(33)32(21(3)4)24-11-9-10-22(18-24)23-16-17-29-27-14-6-5-12-25(27)26-13-7-8-15-28(26)30(29)19-23/h5-19H,1,3H2,2,4H3. The first-order valence-electron chi connectivity index (χ1n) is 11.0. The summed E-state index contributed by atoms with van der Waals surface area (Å²) in [6, 6.07) is 31.8. The predicted molar refractivity (Wildman–Crippen MR) is 142 cm³/mol. The SMILES string of the molecule is C=C(C)C(=O)N(C(=C)C)c1cccc(-c2ccc3c4ccccc4c4ccccc4c3c2)c1. The van der Waals surface area contributed by atoms with Crippen molar-refractivity contribution in [3.8, 4) is 11.1 Å². The van der Waals surface area contributed by atoms with E-state index in [-0.39, 0.29) is 5.91 Å². The number of anilines is 1. The van der Waals surface area contributed by atoms with Gasteiger partial charge >= 0.3 is 0 Å². The highest BCUT2D eigenvalue weighted by molar-refractivity contribution is 6.25. The summed E-state index contributed by atoms with van der Waals surface area (Å²) in [6.45, 7) is 11.4. The van der Waals surface area contributed by atoms with Crippen LogP contribution in [0.5, 0.6) is 0 Å². The lowest BCUT2D eigenvalue weighted by Gasteiger charge is -2.23. The Morgan fingerprint density at radius 1 is 0.606 bits per heavy atom. The number of benzene rings is 5. The molecule has 0 N–H and O–H groups in total. The predicted octanol–water partition coefficient (Wildman–Crippen LogP) is 8.26. The average Bonchev–Trinajstić information content (AvgIpc) is 2.84. The fourth-order valence-electron chi connectivity index (χ4n) is 4.61. The number of rotatable bonds is 4. The maximum Gasteiger partial charge on any atom is 0.257 e. The second-order valence-electron chi connectivity index (χ2n) is 8.56. The third-order valence-electron chi connectivity index (χ3n) is 6.13. The highest BCUT2D eigenvalue weighted by Crippen LogP contribution is 2.37. The molecule has 5 aromatic carbocycles. The van der Waals surface area contributed by atoms with E-state index in [0.717, 1.165) is 16.8 Å². The molecule has 33 heavy (non-hydrogen) atoms. The number of nitrogens with zero attached hydrogens (tertiary/aromatic N) is 1. The van der Waals surface area contributed by atoms with Gasteiger partial charge in [-0.05, 0) is 75.5 Å². The maximum atomic E-state index is 12.7. The lowest BCUT2D eigenvalue weighted by atomic mass is 9.92. The van der Waals surface area contributed by atoms with Gasteiger partial charge in [-0.15, -0.1) is 0 Å². The zero-order chi connectivity index (χ0) is 23.1. The lowest BCUT2D eigenvalue weighted by Crippen LogP contribution is -2.29. The monoisotopic (exact) mass is 427 g/mol. The van der Waals surface area contributed by atoms with Gasteiger partial charge in [-0.3, -0.25) is 9.69 Å². The molecule has 2 nitrogen and oxygen atoms in total. The van der Waals surface area contributed by atoms with Gasteiger partial charge in [0.2, 0.25) is 0 Å². The molecule has 0 aliphatic rings. The molecule has 5 aromatic rings. The fourth-order valence-corrected chi connectivity index (χ4v) is 4.61. The maximum absolute atomic E-state index is 12.7. The molecule has 5 rings (SSSR count). The van der Waals surface area contributed by atoms with Crippen LogP contribution in [0.25, 0.3) is 43.4 Å². The minimum absolute atomic E-state index is 0.143. The Bertz CT molecular complexity index is 1560. The van der Waals surface area contributed by atoms with Crippen LogP contribution < -0.4 is 4.90 Å². The second-order valence-corrected chi connectivity index (χ2v) is 8.56. The Hall–Kier alpha value is -4.17. The summed E-state index contributed by atoms with van der Waals surface area (Å²) in [6.07, 6.45) is 0. The van der Waals surface area contributed by atoms with E-state index in [2.05, 4.69) is 86.0 Å². The third kappa shape index (κ3) is 3.50. The molecule has 0 fully saturated rings. The number of hydrogen-bond donors (Lipinski definition) is 0. The summed E-state index contributed by atoms with van der Waals surface area (Å²) < 4.78 is 0. The number of allylic oxidation sites excluding steroid dienone is 1. The van der Waals surface area contributed by atoms with Crippen LogP contribution in [-0.2, 0) is 4.79 Å². The van der Waals surface area contributed by atoms with Crippen LogP contribution in [0, 0.1) is 0 Å². The molecule has 0 saturated heterocycles. The van der Waals surface area contributed by atoms with Gasteiger partial charge in [0.05, 0.1) is 0 Å². The van der Waals surface area contributed by atoms with Gasteiger partial charge in [0, 0.05) is 17.0 Å². The third-order valence-corrected chi connectivity index (χ3v) is 6.13. The summed E-state index contributed by atoms with van der Waals surface area (Å²) in [5.41, 5.74) is 4.08. The van der Waals surface area contributed by atoms with Crippen LogP contribution in [0.15, 0.2) is 115 Å². The van der Waals surface area contributed by atoms with Crippen molar-refractivity contribution in [2.75, 3.05) is 4.90 Å². The molecule has 0 aliphatic heterocycles. The van der Waals surface area contributed by atoms with E-state index in [1.165, 1.54) is 32.3 Å².